The Morgan fingerprint density at radius 3 is 2.61 bits per heavy atom. The second-order valence-electron chi connectivity index (χ2n) is 4.31. The molecule has 3 heteroatoms. The molecule has 2 N–H and O–H groups in total. The van der Waals surface area contributed by atoms with E-state index in [9.17, 15) is 0 Å². The summed E-state index contributed by atoms with van der Waals surface area (Å²) in [4.78, 5) is 1.33. The molecule has 18 heavy (non-hydrogen) atoms. The monoisotopic (exact) mass is 261 g/mol. The smallest absolute Gasteiger partial charge is 0.119 e. The third-order valence-electron chi connectivity index (χ3n) is 2.78. The summed E-state index contributed by atoms with van der Waals surface area (Å²) in [6.45, 7) is 2.87. The summed E-state index contributed by atoms with van der Waals surface area (Å²) in [7, 11) is 0. The molecule has 1 atom stereocenters. The Labute approximate surface area is 112 Å². The normalized spacial score (nSPS) is 12.3. The average molecular weight is 261 g/mol. The van der Waals surface area contributed by atoms with Gasteiger partial charge in [-0.2, -0.15) is 0 Å². The Bertz CT molecular complexity index is 450. The van der Waals surface area contributed by atoms with E-state index in [4.69, 9.17) is 10.5 Å². The molecule has 0 spiro atoms. The van der Waals surface area contributed by atoms with Crippen LogP contribution in [0, 0.1) is 0 Å². The van der Waals surface area contributed by atoms with Crippen LogP contribution < -0.4 is 10.5 Å². The van der Waals surface area contributed by atoms with Gasteiger partial charge in [0.15, 0.2) is 0 Å². The van der Waals surface area contributed by atoms with E-state index in [2.05, 4.69) is 36.6 Å². The van der Waals surface area contributed by atoms with Crippen molar-refractivity contribution in [2.24, 2.45) is 5.73 Å². The molecule has 0 fully saturated rings. The SMILES string of the molecule is CCCOc1ccc(C(N)Cc2cccs2)cc1. The second kappa shape index (κ2) is 6.57. The van der Waals surface area contributed by atoms with Gasteiger partial charge >= 0.3 is 0 Å². The molecule has 0 aliphatic rings. The van der Waals surface area contributed by atoms with Crippen molar-refractivity contribution in [3.63, 3.8) is 0 Å². The number of hydrogen-bond acceptors (Lipinski definition) is 3. The van der Waals surface area contributed by atoms with Gasteiger partial charge in [0.05, 0.1) is 6.61 Å². The summed E-state index contributed by atoms with van der Waals surface area (Å²) < 4.78 is 5.56. The molecule has 1 heterocycles. The van der Waals surface area contributed by atoms with Gasteiger partial charge in [-0.3, -0.25) is 0 Å². The van der Waals surface area contributed by atoms with Gasteiger partial charge in [0, 0.05) is 17.3 Å². The van der Waals surface area contributed by atoms with Gasteiger partial charge in [-0.25, -0.2) is 0 Å². The van der Waals surface area contributed by atoms with Crippen molar-refractivity contribution >= 4 is 11.3 Å². The van der Waals surface area contributed by atoms with Crippen LogP contribution in [0.1, 0.15) is 29.8 Å². The molecule has 1 aromatic heterocycles. The van der Waals surface area contributed by atoms with E-state index >= 15 is 0 Å². The van der Waals surface area contributed by atoms with Crippen LogP contribution in [0.2, 0.25) is 0 Å². The molecule has 1 unspecified atom stereocenters. The Morgan fingerprint density at radius 2 is 2.00 bits per heavy atom. The summed E-state index contributed by atoms with van der Waals surface area (Å²) in [5.41, 5.74) is 7.36. The van der Waals surface area contributed by atoms with E-state index in [1.165, 1.54) is 4.88 Å². The van der Waals surface area contributed by atoms with Gasteiger partial charge in [0.1, 0.15) is 5.75 Å². The van der Waals surface area contributed by atoms with Gasteiger partial charge in [0.2, 0.25) is 0 Å². The quantitative estimate of drug-likeness (QED) is 0.859. The van der Waals surface area contributed by atoms with Crippen LogP contribution in [-0.2, 0) is 6.42 Å². The fraction of sp³-hybridized carbons (Fsp3) is 0.333. The highest BCUT2D eigenvalue weighted by Crippen LogP contribution is 2.21. The fourth-order valence-electron chi connectivity index (χ4n) is 1.79. The highest BCUT2D eigenvalue weighted by Gasteiger charge is 2.07. The zero-order valence-electron chi connectivity index (χ0n) is 10.6. The molecular formula is C15H19NOS. The Kier molecular flexibility index (Phi) is 4.79. The number of benzene rings is 1. The summed E-state index contributed by atoms with van der Waals surface area (Å²) in [5, 5.41) is 2.09. The minimum atomic E-state index is 0.0591. The molecule has 0 radical (unpaired) electrons. The number of nitrogens with two attached hydrogens (primary N) is 1. The molecule has 0 amide bonds. The van der Waals surface area contributed by atoms with Crippen molar-refractivity contribution < 1.29 is 4.74 Å². The first kappa shape index (κ1) is 13.1. The predicted molar refractivity (Wildman–Crippen MR) is 77.2 cm³/mol. The molecular weight excluding hydrogens is 242 g/mol. The summed E-state index contributed by atoms with van der Waals surface area (Å²) in [6, 6.07) is 12.4. The Hall–Kier alpha value is -1.32. The van der Waals surface area contributed by atoms with Crippen LogP contribution in [0.5, 0.6) is 5.75 Å². The minimum Gasteiger partial charge on any atom is -0.494 e. The highest BCUT2D eigenvalue weighted by atomic mass is 32.1. The Morgan fingerprint density at radius 1 is 1.22 bits per heavy atom. The fourth-order valence-corrected chi connectivity index (χ4v) is 2.56. The predicted octanol–water partition coefficient (Wildman–Crippen LogP) is 3.78. The van der Waals surface area contributed by atoms with E-state index < -0.39 is 0 Å². The molecule has 1 aromatic carbocycles. The lowest BCUT2D eigenvalue weighted by atomic mass is 10.0. The first-order valence-corrected chi connectivity index (χ1v) is 7.18. The van der Waals surface area contributed by atoms with Crippen molar-refractivity contribution in [2.75, 3.05) is 6.61 Å². The van der Waals surface area contributed by atoms with Gasteiger partial charge in [-0.05, 0) is 35.6 Å². The van der Waals surface area contributed by atoms with Gasteiger partial charge in [0.25, 0.3) is 0 Å². The minimum absolute atomic E-state index is 0.0591. The summed E-state index contributed by atoms with van der Waals surface area (Å²) in [5.74, 6) is 0.920. The van der Waals surface area contributed by atoms with Crippen molar-refractivity contribution in [2.45, 2.75) is 25.8 Å². The maximum absolute atomic E-state index is 6.20. The number of ether oxygens (including phenoxy) is 1. The molecule has 96 valence electrons. The van der Waals surface area contributed by atoms with E-state index in [-0.39, 0.29) is 6.04 Å². The topological polar surface area (TPSA) is 35.2 Å². The van der Waals surface area contributed by atoms with Crippen molar-refractivity contribution in [3.05, 3.63) is 52.2 Å². The Balaban J connectivity index is 1.96. The molecule has 0 saturated carbocycles. The third-order valence-corrected chi connectivity index (χ3v) is 3.68. The highest BCUT2D eigenvalue weighted by molar-refractivity contribution is 7.09. The molecule has 0 aliphatic carbocycles. The third kappa shape index (κ3) is 3.59. The molecule has 0 aliphatic heterocycles. The lowest BCUT2D eigenvalue weighted by Gasteiger charge is -2.12. The lowest BCUT2D eigenvalue weighted by Crippen LogP contribution is -2.12. The van der Waals surface area contributed by atoms with E-state index in [0.29, 0.717) is 0 Å². The van der Waals surface area contributed by atoms with Gasteiger partial charge < -0.3 is 10.5 Å². The molecule has 0 bridgehead atoms. The summed E-state index contributed by atoms with van der Waals surface area (Å²) in [6.07, 6.45) is 1.92. The van der Waals surface area contributed by atoms with E-state index in [1.807, 2.05) is 12.1 Å². The molecule has 0 saturated heterocycles. The van der Waals surface area contributed by atoms with Crippen molar-refractivity contribution in [1.82, 2.24) is 0 Å². The number of thiophene rings is 1. The molecule has 2 aromatic rings. The van der Waals surface area contributed by atoms with Crippen LogP contribution in [-0.4, -0.2) is 6.61 Å². The average Bonchev–Trinajstić information content (AvgIpc) is 2.89. The molecule has 2 rings (SSSR count). The number of hydrogen-bond donors (Lipinski definition) is 1. The van der Waals surface area contributed by atoms with Crippen molar-refractivity contribution in [1.29, 1.82) is 0 Å². The molecule has 2 nitrogen and oxygen atoms in total. The zero-order chi connectivity index (χ0) is 12.8. The number of rotatable bonds is 6. The van der Waals surface area contributed by atoms with E-state index in [1.54, 1.807) is 11.3 Å². The largest absolute Gasteiger partial charge is 0.494 e. The van der Waals surface area contributed by atoms with E-state index in [0.717, 1.165) is 30.8 Å². The standard InChI is InChI=1S/C15H19NOS/c1-2-9-17-13-7-5-12(6-8-13)15(16)11-14-4-3-10-18-14/h3-8,10,15H,2,9,11,16H2,1H3. The van der Waals surface area contributed by atoms with Crippen LogP contribution in [0.4, 0.5) is 0 Å². The maximum atomic E-state index is 6.20. The first-order valence-electron chi connectivity index (χ1n) is 6.30. The van der Waals surface area contributed by atoms with Crippen molar-refractivity contribution in [3.8, 4) is 5.75 Å². The van der Waals surface area contributed by atoms with Gasteiger partial charge in [-0.1, -0.05) is 25.1 Å². The zero-order valence-corrected chi connectivity index (χ0v) is 11.5. The summed E-state index contributed by atoms with van der Waals surface area (Å²) >= 11 is 1.76. The lowest BCUT2D eigenvalue weighted by molar-refractivity contribution is 0.317. The van der Waals surface area contributed by atoms with Crippen LogP contribution in [0.25, 0.3) is 0 Å². The van der Waals surface area contributed by atoms with Crippen LogP contribution >= 0.6 is 11.3 Å². The first-order chi connectivity index (χ1) is 8.79. The van der Waals surface area contributed by atoms with Crippen LogP contribution in [0.15, 0.2) is 41.8 Å². The van der Waals surface area contributed by atoms with Crippen LogP contribution in [0.3, 0.4) is 0 Å². The van der Waals surface area contributed by atoms with Gasteiger partial charge in [-0.15, -0.1) is 11.3 Å². The second-order valence-corrected chi connectivity index (χ2v) is 5.34. The maximum Gasteiger partial charge on any atom is 0.119 e.